The zero-order valence-electron chi connectivity index (χ0n) is 40.9. The van der Waals surface area contributed by atoms with E-state index in [4.69, 9.17) is 14.6 Å². The summed E-state index contributed by atoms with van der Waals surface area (Å²) in [5.74, 6) is 0.925. The summed E-state index contributed by atoms with van der Waals surface area (Å²) < 4.78 is 5.49. The van der Waals surface area contributed by atoms with Gasteiger partial charge in [-0.15, -0.1) is 0 Å². The Morgan fingerprint density at radius 3 is 1.52 bits per heavy atom. The minimum atomic E-state index is -0.329. The molecule has 1 heterocycles. The fourth-order valence-electron chi connectivity index (χ4n) is 9.25. The molecule has 9 nitrogen and oxygen atoms in total. The Labute approximate surface area is 381 Å². The molecule has 2 rings (SSSR count). The van der Waals surface area contributed by atoms with Crippen LogP contribution in [0, 0.1) is 5.92 Å². The van der Waals surface area contributed by atoms with Gasteiger partial charge in [-0.05, 0) is 76.9 Å². The van der Waals surface area contributed by atoms with Crippen LogP contribution in [0.5, 0.6) is 0 Å². The Balaban J connectivity index is 0.00000621. The molecular weight excluding hydrogens is 775 g/mol. The van der Waals surface area contributed by atoms with Gasteiger partial charge >= 0.3 is 5.97 Å². The number of hydrogen-bond acceptors (Lipinski definition) is 8. The molecule has 2 N–H and O–H groups in total. The molecule has 0 amide bonds. The topological polar surface area (TPSA) is 116 Å². The van der Waals surface area contributed by atoms with Gasteiger partial charge in [0.05, 0.1) is 6.61 Å². The second kappa shape index (κ2) is 42.5. The molecule has 0 aromatic heterocycles. The number of carboxylic acid groups (broad SMARTS) is 1. The predicted octanol–water partition coefficient (Wildman–Crippen LogP) is 13.8. The number of rotatable bonds is 43. The molecule has 1 unspecified atom stereocenters. The van der Waals surface area contributed by atoms with E-state index in [1.807, 2.05) is 0 Å². The van der Waals surface area contributed by atoms with E-state index in [2.05, 4.69) is 35.9 Å². The maximum Gasteiger partial charge on any atom is 0.305 e. The van der Waals surface area contributed by atoms with Crippen LogP contribution < -0.4 is 21.1 Å². The predicted molar refractivity (Wildman–Crippen MR) is 265 cm³/mol. The molecule has 9 heteroatoms. The van der Waals surface area contributed by atoms with Crippen LogP contribution in [0.3, 0.4) is 0 Å². The monoisotopic (exact) mass is 874 g/mol. The van der Waals surface area contributed by atoms with Crippen LogP contribution in [0.25, 0.3) is 0 Å². The molecule has 0 bridgehead atoms. The summed E-state index contributed by atoms with van der Waals surface area (Å²) in [5, 5.41) is 10.3. The number of ether oxygens (including phenoxy) is 1. The number of nitrogens with one attached hydrogen (secondary N) is 1. The Morgan fingerprint density at radius 1 is 0.597 bits per heavy atom. The zero-order valence-corrected chi connectivity index (χ0v) is 40.9. The van der Waals surface area contributed by atoms with Crippen molar-refractivity contribution in [3.05, 3.63) is 20.4 Å². The molecule has 1 aliphatic heterocycles. The molecule has 1 aromatic rings. The zero-order chi connectivity index (χ0) is 45.1. The van der Waals surface area contributed by atoms with Gasteiger partial charge in [-0.1, -0.05) is 194 Å². The molecule has 0 spiro atoms. The Morgan fingerprint density at radius 2 is 1.02 bits per heavy atom. The summed E-state index contributed by atoms with van der Waals surface area (Å²) in [5.41, 5.74) is 0.584. The summed E-state index contributed by atoms with van der Waals surface area (Å²) in [4.78, 5) is 50.2. The number of hydrogen-bond donors (Lipinski definition) is 2. The van der Waals surface area contributed by atoms with Crippen molar-refractivity contribution in [1.82, 2.24) is 4.90 Å². The molecule has 1 fully saturated rings. The highest BCUT2D eigenvalue weighted by molar-refractivity contribution is 5.75. The van der Waals surface area contributed by atoms with Gasteiger partial charge in [0.25, 0.3) is 17.3 Å². The lowest BCUT2D eigenvalue weighted by Crippen LogP contribution is -2.44. The standard InChI is InChI=1S/C52H97N3O4.CH2O2/c1-4-7-10-13-15-24-34-46-59-48(56)39-29-21-17-23-31-42-54(43-35-40-53-49-50(52(58)51(49)57)55-44-32-25-33-45-55)41-30-22-16-20-28-38-47(36-26-18-12-9-6-3)37-27-19-14-11-8-5-2;2-1-3/h47,53H,4-46H2,1-3H3;1H,(H,2,3). The number of carbonyl (C=O) groups is 2. The third-order valence-corrected chi connectivity index (χ3v) is 13.1. The number of anilines is 2. The summed E-state index contributed by atoms with van der Waals surface area (Å²) in [6.45, 7) is 13.0. The van der Waals surface area contributed by atoms with Gasteiger partial charge in [0.1, 0.15) is 11.4 Å². The maximum atomic E-state index is 12.5. The molecule has 0 aliphatic carbocycles. The van der Waals surface area contributed by atoms with E-state index >= 15 is 0 Å². The smallest absolute Gasteiger partial charge is 0.305 e. The van der Waals surface area contributed by atoms with Crippen molar-refractivity contribution in [3.8, 4) is 0 Å². The van der Waals surface area contributed by atoms with Crippen LogP contribution in [-0.2, 0) is 14.3 Å². The van der Waals surface area contributed by atoms with Gasteiger partial charge in [-0.2, -0.15) is 0 Å². The van der Waals surface area contributed by atoms with Crippen molar-refractivity contribution in [1.29, 1.82) is 0 Å². The Kier molecular flexibility index (Phi) is 39.5. The van der Waals surface area contributed by atoms with Gasteiger partial charge in [0.15, 0.2) is 0 Å². The molecule has 1 aromatic carbocycles. The van der Waals surface area contributed by atoms with Crippen molar-refractivity contribution < 1.29 is 19.4 Å². The van der Waals surface area contributed by atoms with E-state index in [0.29, 0.717) is 24.4 Å². The van der Waals surface area contributed by atoms with Crippen LogP contribution in [-0.4, -0.2) is 68.3 Å². The molecule has 0 radical (unpaired) electrons. The fraction of sp³-hybridized carbons (Fsp3) is 0.887. The number of unbranched alkanes of at least 4 members (excludes halogenated alkanes) is 23. The minimum absolute atomic E-state index is 0.0201. The van der Waals surface area contributed by atoms with E-state index in [1.54, 1.807) is 0 Å². The SMILES string of the molecule is CCCCCCCCCOC(=O)CCCCCCCN(CCCCCCCC(CCCCCCC)CCCCCCCC)CCCNc1c(N2CCCCC2)c(=O)c1=O.O=CO. The summed E-state index contributed by atoms with van der Waals surface area (Å²) in [6.07, 6.45) is 45.7. The normalized spacial score (nSPS) is 13.3. The van der Waals surface area contributed by atoms with Crippen LogP contribution in [0.4, 0.5) is 11.4 Å². The number of nitrogens with zero attached hydrogens (tertiary/aromatic N) is 2. The number of piperidine rings is 1. The first kappa shape index (κ1) is 57.6. The maximum absolute atomic E-state index is 12.5. The van der Waals surface area contributed by atoms with Crippen molar-refractivity contribution in [2.45, 2.75) is 252 Å². The molecule has 0 saturated carbocycles. The number of carbonyl (C=O) groups excluding carboxylic acids is 1. The van der Waals surface area contributed by atoms with E-state index in [0.717, 1.165) is 83.7 Å². The fourth-order valence-corrected chi connectivity index (χ4v) is 9.25. The van der Waals surface area contributed by atoms with Gasteiger partial charge in [0, 0.05) is 26.1 Å². The summed E-state index contributed by atoms with van der Waals surface area (Å²) in [6, 6.07) is 0. The largest absolute Gasteiger partial charge is 0.483 e. The third kappa shape index (κ3) is 30.6. The first-order valence-corrected chi connectivity index (χ1v) is 26.7. The quantitative estimate of drug-likeness (QED) is 0.0286. The molecule has 1 aliphatic rings. The second-order valence-electron chi connectivity index (χ2n) is 18.7. The third-order valence-electron chi connectivity index (χ3n) is 13.1. The van der Waals surface area contributed by atoms with Gasteiger partial charge < -0.3 is 25.0 Å². The van der Waals surface area contributed by atoms with Crippen molar-refractivity contribution >= 4 is 23.8 Å². The highest BCUT2D eigenvalue weighted by Crippen LogP contribution is 2.26. The lowest BCUT2D eigenvalue weighted by Gasteiger charge is -2.31. The minimum Gasteiger partial charge on any atom is -0.483 e. The number of esters is 1. The Bertz CT molecular complexity index is 1230. The van der Waals surface area contributed by atoms with E-state index in [9.17, 15) is 14.4 Å². The van der Waals surface area contributed by atoms with Crippen LogP contribution in [0.15, 0.2) is 9.59 Å². The van der Waals surface area contributed by atoms with Crippen LogP contribution in [0.1, 0.15) is 252 Å². The summed E-state index contributed by atoms with van der Waals surface area (Å²) >= 11 is 0. The highest BCUT2D eigenvalue weighted by atomic mass is 16.5. The van der Waals surface area contributed by atoms with Gasteiger partial charge in [-0.3, -0.25) is 19.2 Å². The van der Waals surface area contributed by atoms with E-state index in [1.165, 1.54) is 186 Å². The van der Waals surface area contributed by atoms with Crippen molar-refractivity contribution in [2.75, 3.05) is 56.1 Å². The lowest BCUT2D eigenvalue weighted by atomic mass is 9.89. The summed E-state index contributed by atoms with van der Waals surface area (Å²) in [7, 11) is 0. The second-order valence-corrected chi connectivity index (χ2v) is 18.7. The van der Waals surface area contributed by atoms with Crippen LogP contribution in [0.2, 0.25) is 0 Å². The molecule has 1 atom stereocenters. The van der Waals surface area contributed by atoms with Gasteiger partial charge in [-0.25, -0.2) is 0 Å². The van der Waals surface area contributed by atoms with E-state index in [-0.39, 0.29) is 23.3 Å². The molecular formula is C53H99N3O6. The average Bonchev–Trinajstić information content (AvgIpc) is 3.28. The van der Waals surface area contributed by atoms with E-state index < -0.39 is 0 Å². The first-order chi connectivity index (χ1) is 30.4. The lowest BCUT2D eigenvalue weighted by molar-refractivity contribution is -0.143. The highest BCUT2D eigenvalue weighted by Gasteiger charge is 2.26. The van der Waals surface area contributed by atoms with Crippen molar-refractivity contribution in [3.63, 3.8) is 0 Å². The Hall–Kier alpha value is -2.42. The molecule has 362 valence electrons. The first-order valence-electron chi connectivity index (χ1n) is 26.7. The van der Waals surface area contributed by atoms with Gasteiger partial charge in [0.2, 0.25) is 0 Å². The van der Waals surface area contributed by atoms with Crippen molar-refractivity contribution in [2.24, 2.45) is 5.92 Å². The molecule has 62 heavy (non-hydrogen) atoms. The molecule has 1 saturated heterocycles. The average molecular weight is 874 g/mol. The van der Waals surface area contributed by atoms with Crippen LogP contribution >= 0.6 is 0 Å².